The first-order valence-electron chi connectivity index (χ1n) is 7.07. The van der Waals surface area contributed by atoms with Gasteiger partial charge in [0.1, 0.15) is 11.5 Å². The Morgan fingerprint density at radius 3 is 2.55 bits per heavy atom. The number of carboxylic acids is 1. The van der Waals surface area contributed by atoms with E-state index in [1.807, 2.05) is 12.1 Å². The second-order valence-electron chi connectivity index (χ2n) is 5.28. The van der Waals surface area contributed by atoms with Gasteiger partial charge in [-0.2, -0.15) is 0 Å². The summed E-state index contributed by atoms with van der Waals surface area (Å²) in [7, 11) is 0. The number of nitrogens with one attached hydrogen (secondary N) is 1. The Kier molecular flexibility index (Phi) is 3.86. The molecule has 1 aromatic heterocycles. The Hall–Kier alpha value is -2.70. The number of carbonyl (C=O) groups is 2. The van der Waals surface area contributed by atoms with Crippen molar-refractivity contribution in [2.24, 2.45) is 0 Å². The van der Waals surface area contributed by atoms with E-state index in [1.54, 1.807) is 12.1 Å². The highest BCUT2D eigenvalue weighted by Gasteiger charge is 2.20. The lowest BCUT2D eigenvalue weighted by Crippen LogP contribution is -2.12. The van der Waals surface area contributed by atoms with Crippen LogP contribution >= 0.6 is 0 Å². The molecule has 0 unspecified atom stereocenters. The van der Waals surface area contributed by atoms with Gasteiger partial charge in [0.25, 0.3) is 5.88 Å². The third kappa shape index (κ3) is 2.98. The maximum absolute atomic E-state index is 11.3. The number of aromatic nitrogens is 3. The first-order chi connectivity index (χ1) is 10.6. The maximum Gasteiger partial charge on any atom is 0.359 e. The molecule has 1 aliphatic carbocycles. The van der Waals surface area contributed by atoms with E-state index in [-0.39, 0.29) is 11.6 Å². The Morgan fingerprint density at radius 2 is 1.91 bits per heavy atom. The van der Waals surface area contributed by atoms with E-state index < -0.39 is 5.97 Å². The molecule has 1 saturated carbocycles. The highest BCUT2D eigenvalue weighted by atomic mass is 16.5. The molecule has 0 atom stereocenters. The van der Waals surface area contributed by atoms with E-state index in [2.05, 4.69) is 15.4 Å². The second kappa shape index (κ2) is 5.97. The van der Waals surface area contributed by atoms with Crippen molar-refractivity contribution in [1.82, 2.24) is 15.4 Å². The highest BCUT2D eigenvalue weighted by molar-refractivity contribution is 5.87. The van der Waals surface area contributed by atoms with E-state index in [0.29, 0.717) is 30.3 Å². The molecule has 22 heavy (non-hydrogen) atoms. The topological polar surface area (TPSA) is 105 Å². The molecule has 0 saturated heterocycles. The van der Waals surface area contributed by atoms with Crippen molar-refractivity contribution >= 4 is 11.8 Å². The summed E-state index contributed by atoms with van der Waals surface area (Å²) in [6.45, 7) is 0. The summed E-state index contributed by atoms with van der Waals surface area (Å²) < 4.78 is 5.43. The predicted molar refractivity (Wildman–Crippen MR) is 76.1 cm³/mol. The molecule has 3 rings (SSSR count). The number of hydrogen-bond donors (Lipinski definition) is 2. The largest absolute Gasteiger partial charge is 0.476 e. The predicted octanol–water partition coefficient (Wildman–Crippen LogP) is 2.52. The van der Waals surface area contributed by atoms with Gasteiger partial charge in [0.2, 0.25) is 5.69 Å². The Labute approximate surface area is 126 Å². The monoisotopic (exact) mass is 301 g/mol. The van der Waals surface area contributed by atoms with Gasteiger partial charge in [-0.1, -0.05) is 22.4 Å². The van der Waals surface area contributed by atoms with Crippen LogP contribution in [0, 0.1) is 0 Å². The number of rotatable bonds is 4. The van der Waals surface area contributed by atoms with Crippen LogP contribution in [0.5, 0.6) is 11.6 Å². The van der Waals surface area contributed by atoms with Crippen molar-refractivity contribution in [2.75, 3.05) is 0 Å². The number of aromatic carboxylic acids is 1. The average molecular weight is 301 g/mol. The SMILES string of the molecule is O=C1CCC(c2ccc(Oc3nn[nH]c3C(=O)O)cc2)CC1. The molecule has 0 aliphatic heterocycles. The Morgan fingerprint density at radius 1 is 1.23 bits per heavy atom. The first kappa shape index (κ1) is 14.2. The Balaban J connectivity index is 1.70. The van der Waals surface area contributed by atoms with E-state index in [4.69, 9.17) is 9.84 Å². The standard InChI is InChI=1S/C15H15N3O4/c19-11-5-1-9(2-6-11)10-3-7-12(8-4-10)22-14-13(15(20)21)16-18-17-14/h3-4,7-9H,1-2,5-6H2,(H,20,21)(H,16,17,18). The number of carbonyl (C=O) groups excluding carboxylic acids is 1. The number of benzene rings is 1. The zero-order chi connectivity index (χ0) is 15.5. The number of H-pyrrole nitrogens is 1. The van der Waals surface area contributed by atoms with Crippen molar-refractivity contribution in [3.63, 3.8) is 0 Å². The summed E-state index contributed by atoms with van der Waals surface area (Å²) >= 11 is 0. The lowest BCUT2D eigenvalue weighted by molar-refractivity contribution is -0.120. The third-order valence-corrected chi connectivity index (χ3v) is 3.84. The van der Waals surface area contributed by atoms with Crippen molar-refractivity contribution in [2.45, 2.75) is 31.6 Å². The minimum absolute atomic E-state index is 0.0662. The average Bonchev–Trinajstić information content (AvgIpc) is 2.97. The van der Waals surface area contributed by atoms with Crippen molar-refractivity contribution < 1.29 is 19.4 Å². The van der Waals surface area contributed by atoms with Gasteiger partial charge in [0.05, 0.1) is 0 Å². The van der Waals surface area contributed by atoms with Gasteiger partial charge in [-0.05, 0) is 36.5 Å². The maximum atomic E-state index is 11.3. The molecule has 0 spiro atoms. The number of ketones is 1. The third-order valence-electron chi connectivity index (χ3n) is 3.84. The molecule has 1 aliphatic rings. The van der Waals surface area contributed by atoms with Crippen LogP contribution in [0.25, 0.3) is 0 Å². The quantitative estimate of drug-likeness (QED) is 0.899. The summed E-state index contributed by atoms with van der Waals surface area (Å²) in [5, 5.41) is 18.3. The fraction of sp³-hybridized carbons (Fsp3) is 0.333. The van der Waals surface area contributed by atoms with Crippen LogP contribution in [-0.4, -0.2) is 32.3 Å². The van der Waals surface area contributed by atoms with E-state index in [0.717, 1.165) is 12.8 Å². The van der Waals surface area contributed by atoms with Crippen LogP contribution in [0.4, 0.5) is 0 Å². The molecule has 0 bridgehead atoms. The van der Waals surface area contributed by atoms with Gasteiger partial charge in [-0.25, -0.2) is 9.89 Å². The smallest absolute Gasteiger partial charge is 0.359 e. The molecule has 7 heteroatoms. The number of nitrogens with zero attached hydrogens (tertiary/aromatic N) is 2. The molecule has 2 aromatic rings. The minimum Gasteiger partial charge on any atom is -0.476 e. The first-order valence-corrected chi connectivity index (χ1v) is 7.07. The molecular formula is C15H15N3O4. The summed E-state index contributed by atoms with van der Waals surface area (Å²) in [5.41, 5.74) is 0.980. The molecule has 7 nitrogen and oxygen atoms in total. The molecule has 1 fully saturated rings. The molecule has 1 aromatic carbocycles. The van der Waals surface area contributed by atoms with E-state index in [1.165, 1.54) is 5.56 Å². The van der Waals surface area contributed by atoms with Gasteiger partial charge >= 0.3 is 5.97 Å². The molecule has 1 heterocycles. The highest BCUT2D eigenvalue weighted by Crippen LogP contribution is 2.32. The van der Waals surface area contributed by atoms with Crippen molar-refractivity contribution in [3.8, 4) is 11.6 Å². The van der Waals surface area contributed by atoms with Crippen LogP contribution in [0.1, 0.15) is 47.7 Å². The van der Waals surface area contributed by atoms with Crippen LogP contribution in [-0.2, 0) is 4.79 Å². The van der Waals surface area contributed by atoms with Crippen LogP contribution in [0.3, 0.4) is 0 Å². The van der Waals surface area contributed by atoms with Gasteiger partial charge in [-0.15, -0.1) is 0 Å². The lowest BCUT2D eigenvalue weighted by Gasteiger charge is -2.21. The summed E-state index contributed by atoms with van der Waals surface area (Å²) in [6, 6.07) is 7.42. The van der Waals surface area contributed by atoms with Gasteiger partial charge in [0, 0.05) is 12.8 Å². The number of aromatic amines is 1. The number of carboxylic acid groups (broad SMARTS) is 1. The Bertz CT molecular complexity index is 683. The van der Waals surface area contributed by atoms with Crippen molar-refractivity contribution in [1.29, 1.82) is 0 Å². The molecule has 0 amide bonds. The van der Waals surface area contributed by atoms with Gasteiger partial charge < -0.3 is 9.84 Å². The van der Waals surface area contributed by atoms with Gasteiger partial charge in [-0.3, -0.25) is 4.79 Å². The van der Waals surface area contributed by atoms with Gasteiger partial charge in [0.15, 0.2) is 0 Å². The second-order valence-corrected chi connectivity index (χ2v) is 5.28. The lowest BCUT2D eigenvalue weighted by atomic mass is 9.83. The normalized spacial score (nSPS) is 15.7. The fourth-order valence-corrected chi connectivity index (χ4v) is 2.62. The summed E-state index contributed by atoms with van der Waals surface area (Å²) in [5.74, 6) is -0.0177. The number of Topliss-reactive ketones (excluding diaryl/α,β-unsaturated/α-hetero) is 1. The zero-order valence-corrected chi connectivity index (χ0v) is 11.8. The molecule has 114 valence electrons. The van der Waals surface area contributed by atoms with Crippen LogP contribution in [0.2, 0.25) is 0 Å². The molecular weight excluding hydrogens is 286 g/mol. The summed E-state index contributed by atoms with van der Waals surface area (Å²) in [4.78, 5) is 22.2. The molecule has 0 radical (unpaired) electrons. The summed E-state index contributed by atoms with van der Waals surface area (Å²) in [6.07, 6.45) is 3.05. The van der Waals surface area contributed by atoms with Crippen LogP contribution in [0.15, 0.2) is 24.3 Å². The van der Waals surface area contributed by atoms with E-state index >= 15 is 0 Å². The molecule has 2 N–H and O–H groups in total. The van der Waals surface area contributed by atoms with E-state index in [9.17, 15) is 9.59 Å². The van der Waals surface area contributed by atoms with Crippen molar-refractivity contribution in [3.05, 3.63) is 35.5 Å². The van der Waals surface area contributed by atoms with Crippen LogP contribution < -0.4 is 4.74 Å². The fourth-order valence-electron chi connectivity index (χ4n) is 2.62. The minimum atomic E-state index is -1.18. The zero-order valence-electron chi connectivity index (χ0n) is 11.8. The number of ether oxygens (including phenoxy) is 1. The number of hydrogen-bond acceptors (Lipinski definition) is 5.